The largest absolute Gasteiger partial charge is 0.490 e. The van der Waals surface area contributed by atoms with Crippen LogP contribution in [0.1, 0.15) is 38.5 Å². The molecule has 1 aliphatic heterocycles. The fourth-order valence-corrected chi connectivity index (χ4v) is 5.22. The van der Waals surface area contributed by atoms with Crippen molar-refractivity contribution in [1.82, 2.24) is 9.21 Å². The summed E-state index contributed by atoms with van der Waals surface area (Å²) in [7, 11) is -0.0490. The molecule has 7 heteroatoms. The third-order valence-electron chi connectivity index (χ3n) is 5.31. The summed E-state index contributed by atoms with van der Waals surface area (Å²) >= 11 is 0. The predicted octanol–water partition coefficient (Wildman–Crippen LogP) is 2.50. The van der Waals surface area contributed by atoms with E-state index in [2.05, 4.69) is 0 Å². The lowest BCUT2D eigenvalue weighted by Gasteiger charge is -2.31. The monoisotopic (exact) mass is 380 g/mol. The first kappa shape index (κ1) is 19.2. The number of carbonyl (C=O) groups excluding carboxylic acids is 1. The van der Waals surface area contributed by atoms with Crippen molar-refractivity contribution in [1.29, 1.82) is 0 Å². The molecule has 0 aromatic heterocycles. The van der Waals surface area contributed by atoms with Gasteiger partial charge in [0.05, 0.1) is 11.0 Å². The molecule has 6 nitrogen and oxygen atoms in total. The second-order valence-electron chi connectivity index (χ2n) is 7.41. The van der Waals surface area contributed by atoms with Gasteiger partial charge in [0.15, 0.2) is 0 Å². The van der Waals surface area contributed by atoms with Gasteiger partial charge in [-0.2, -0.15) is 4.31 Å². The first-order valence-electron chi connectivity index (χ1n) is 9.36. The van der Waals surface area contributed by atoms with E-state index in [1.165, 1.54) is 17.1 Å². The number of hydrogen-bond donors (Lipinski definition) is 0. The van der Waals surface area contributed by atoms with E-state index in [0.29, 0.717) is 25.9 Å². The van der Waals surface area contributed by atoms with Crippen LogP contribution < -0.4 is 4.74 Å². The van der Waals surface area contributed by atoms with E-state index >= 15 is 0 Å². The molecule has 1 aromatic carbocycles. The van der Waals surface area contributed by atoms with Gasteiger partial charge in [-0.05, 0) is 62.8 Å². The maximum absolute atomic E-state index is 12.8. The molecule has 0 unspecified atom stereocenters. The molecule has 0 atom stereocenters. The Morgan fingerprint density at radius 2 is 1.62 bits per heavy atom. The zero-order valence-electron chi connectivity index (χ0n) is 15.6. The molecule has 0 bridgehead atoms. The highest BCUT2D eigenvalue weighted by Crippen LogP contribution is 2.28. The second-order valence-corrected chi connectivity index (χ2v) is 9.34. The Hall–Kier alpha value is -1.60. The molecule has 1 amide bonds. The van der Waals surface area contributed by atoms with Gasteiger partial charge in [-0.1, -0.05) is 0 Å². The predicted molar refractivity (Wildman–Crippen MR) is 99.5 cm³/mol. The summed E-state index contributed by atoms with van der Waals surface area (Å²) in [5, 5.41) is 0. The fourth-order valence-electron chi connectivity index (χ4n) is 3.75. The molecule has 26 heavy (non-hydrogen) atoms. The van der Waals surface area contributed by atoms with Crippen LogP contribution in [0.5, 0.6) is 5.75 Å². The first-order chi connectivity index (χ1) is 12.4. The number of hydrogen-bond acceptors (Lipinski definition) is 4. The van der Waals surface area contributed by atoms with Crippen molar-refractivity contribution in [3.63, 3.8) is 0 Å². The van der Waals surface area contributed by atoms with E-state index in [9.17, 15) is 13.2 Å². The maximum Gasteiger partial charge on any atom is 0.243 e. The van der Waals surface area contributed by atoms with Gasteiger partial charge >= 0.3 is 0 Å². The summed E-state index contributed by atoms with van der Waals surface area (Å²) in [6, 6.07) is 6.73. The second kappa shape index (κ2) is 7.96. The van der Waals surface area contributed by atoms with Crippen molar-refractivity contribution in [3.05, 3.63) is 24.3 Å². The normalized spacial score (nSPS) is 20.2. The van der Waals surface area contributed by atoms with Gasteiger partial charge in [-0.3, -0.25) is 4.79 Å². The lowest BCUT2D eigenvalue weighted by Crippen LogP contribution is -2.42. The number of carbonyl (C=O) groups is 1. The Bertz CT molecular complexity index is 716. The van der Waals surface area contributed by atoms with E-state index < -0.39 is 10.0 Å². The molecule has 2 fully saturated rings. The van der Waals surface area contributed by atoms with Crippen LogP contribution in [0.15, 0.2) is 29.2 Å². The molecule has 1 heterocycles. The Morgan fingerprint density at radius 3 is 2.15 bits per heavy atom. The minimum atomic E-state index is -3.52. The Morgan fingerprint density at radius 1 is 1.04 bits per heavy atom. The highest BCUT2D eigenvalue weighted by molar-refractivity contribution is 7.89. The zero-order chi connectivity index (χ0) is 18.7. The summed E-state index contributed by atoms with van der Waals surface area (Å²) in [5.74, 6) is 0.722. The molecular weight excluding hydrogens is 352 g/mol. The molecule has 144 valence electrons. The number of ether oxygens (including phenoxy) is 1. The number of amides is 1. The Kier molecular flexibility index (Phi) is 5.87. The smallest absolute Gasteiger partial charge is 0.243 e. The molecule has 2 aliphatic rings. The minimum absolute atomic E-state index is 0.0791. The van der Waals surface area contributed by atoms with Gasteiger partial charge < -0.3 is 9.64 Å². The lowest BCUT2D eigenvalue weighted by atomic mass is 9.97. The zero-order valence-corrected chi connectivity index (χ0v) is 16.4. The summed E-state index contributed by atoms with van der Waals surface area (Å²) < 4.78 is 33.1. The molecule has 1 saturated carbocycles. The standard InChI is InChI=1S/C19H28N2O4S/c1-20(2)19(22)15-11-13-21(14-12-15)26(23,24)18-9-7-17(8-10-18)25-16-5-3-4-6-16/h7-10,15-16H,3-6,11-14H2,1-2H3. The number of rotatable bonds is 5. The van der Waals surface area contributed by atoms with Crippen molar-refractivity contribution in [2.24, 2.45) is 5.92 Å². The van der Waals surface area contributed by atoms with Crippen LogP contribution >= 0.6 is 0 Å². The molecule has 1 aromatic rings. The average Bonchev–Trinajstić information content (AvgIpc) is 3.14. The van der Waals surface area contributed by atoms with Gasteiger partial charge in [-0.15, -0.1) is 0 Å². The third-order valence-corrected chi connectivity index (χ3v) is 7.22. The molecule has 1 aliphatic carbocycles. The van der Waals surface area contributed by atoms with Gasteiger partial charge in [0, 0.05) is 33.1 Å². The van der Waals surface area contributed by atoms with Crippen molar-refractivity contribution in [3.8, 4) is 5.75 Å². The highest BCUT2D eigenvalue weighted by atomic mass is 32.2. The molecule has 1 saturated heterocycles. The molecule has 0 radical (unpaired) electrons. The molecular formula is C19H28N2O4S. The van der Waals surface area contributed by atoms with Crippen LogP contribution in [0, 0.1) is 5.92 Å². The fraction of sp³-hybridized carbons (Fsp3) is 0.632. The first-order valence-corrected chi connectivity index (χ1v) is 10.8. The molecule has 0 N–H and O–H groups in total. The van der Waals surface area contributed by atoms with Crippen LogP contribution in [0.3, 0.4) is 0 Å². The van der Waals surface area contributed by atoms with Crippen LogP contribution in [-0.4, -0.2) is 56.8 Å². The van der Waals surface area contributed by atoms with E-state index in [4.69, 9.17) is 4.74 Å². The van der Waals surface area contributed by atoms with E-state index in [1.807, 2.05) is 0 Å². The van der Waals surface area contributed by atoms with Crippen LogP contribution in [0.25, 0.3) is 0 Å². The summed E-state index contributed by atoms with van der Waals surface area (Å²) in [5.41, 5.74) is 0. The average molecular weight is 381 g/mol. The summed E-state index contributed by atoms with van der Waals surface area (Å²) in [6.45, 7) is 0.764. The number of nitrogens with zero attached hydrogens (tertiary/aromatic N) is 2. The molecule has 3 rings (SSSR count). The number of piperidine rings is 1. The number of benzene rings is 1. The third kappa shape index (κ3) is 4.20. The van der Waals surface area contributed by atoms with Crippen molar-refractivity contribution in [2.75, 3.05) is 27.2 Å². The van der Waals surface area contributed by atoms with Crippen molar-refractivity contribution in [2.45, 2.75) is 49.5 Å². The Balaban J connectivity index is 1.62. The van der Waals surface area contributed by atoms with Gasteiger partial charge in [-0.25, -0.2) is 8.42 Å². The van der Waals surface area contributed by atoms with Gasteiger partial charge in [0.2, 0.25) is 15.9 Å². The topological polar surface area (TPSA) is 66.9 Å². The quantitative estimate of drug-likeness (QED) is 0.787. The molecule has 0 spiro atoms. The van der Waals surface area contributed by atoms with Crippen molar-refractivity contribution < 1.29 is 17.9 Å². The van der Waals surface area contributed by atoms with E-state index in [-0.39, 0.29) is 22.8 Å². The van der Waals surface area contributed by atoms with Crippen LogP contribution in [-0.2, 0) is 14.8 Å². The maximum atomic E-state index is 12.8. The van der Waals surface area contributed by atoms with Crippen LogP contribution in [0.4, 0.5) is 0 Å². The van der Waals surface area contributed by atoms with E-state index in [0.717, 1.165) is 18.6 Å². The minimum Gasteiger partial charge on any atom is -0.490 e. The summed E-state index contributed by atoms with van der Waals surface area (Å²) in [4.78, 5) is 13.9. The van der Waals surface area contributed by atoms with E-state index in [1.54, 1.807) is 43.3 Å². The lowest BCUT2D eigenvalue weighted by molar-refractivity contribution is -0.134. The van der Waals surface area contributed by atoms with Crippen molar-refractivity contribution >= 4 is 15.9 Å². The van der Waals surface area contributed by atoms with Crippen LogP contribution in [0.2, 0.25) is 0 Å². The Labute approximate surface area is 156 Å². The summed E-state index contributed by atoms with van der Waals surface area (Å²) in [6.07, 6.45) is 5.93. The van der Waals surface area contributed by atoms with Gasteiger partial charge in [0.1, 0.15) is 5.75 Å². The highest BCUT2D eigenvalue weighted by Gasteiger charge is 2.32. The van der Waals surface area contributed by atoms with Gasteiger partial charge in [0.25, 0.3) is 0 Å². The number of sulfonamides is 1. The SMILES string of the molecule is CN(C)C(=O)C1CCN(S(=O)(=O)c2ccc(OC3CCCC3)cc2)CC1.